The molecule has 1 aromatic rings. The maximum atomic E-state index is 12.4. The van der Waals surface area contributed by atoms with E-state index in [1.54, 1.807) is 4.90 Å². The minimum Gasteiger partial charge on any atom is -0.369 e. The fourth-order valence-electron chi connectivity index (χ4n) is 2.98. The van der Waals surface area contributed by atoms with Crippen molar-refractivity contribution in [3.8, 4) is 0 Å². The van der Waals surface area contributed by atoms with E-state index in [0.29, 0.717) is 13.1 Å². The highest BCUT2D eigenvalue weighted by Crippen LogP contribution is 2.15. The molecular weight excluding hydrogens is 320 g/mol. The Kier molecular flexibility index (Phi) is 6.52. The Bertz CT molecular complexity index is 630. The molecule has 136 valence electrons. The molecule has 25 heavy (non-hydrogen) atoms. The van der Waals surface area contributed by atoms with Gasteiger partial charge in [0.05, 0.1) is 13.0 Å². The first-order valence-electron chi connectivity index (χ1n) is 8.60. The third-order valence-corrected chi connectivity index (χ3v) is 4.43. The lowest BCUT2D eigenvalue weighted by Crippen LogP contribution is -3.11. The largest absolute Gasteiger partial charge is 0.369 e. The lowest BCUT2D eigenvalue weighted by atomic mass is 9.97. The highest BCUT2D eigenvalue weighted by atomic mass is 16.2. The molecule has 0 spiro atoms. The monoisotopic (exact) mass is 347 g/mol. The molecule has 0 aliphatic carbocycles. The van der Waals surface area contributed by atoms with Gasteiger partial charge in [-0.05, 0) is 31.9 Å². The number of piperidine rings is 1. The molecule has 1 aliphatic rings. The minimum absolute atomic E-state index is 0.0495. The first kappa shape index (κ1) is 18.9. The van der Waals surface area contributed by atoms with Crippen molar-refractivity contribution in [3.05, 3.63) is 29.8 Å². The number of likely N-dealkylation sites (tertiary alicyclic amines) is 1. The maximum Gasteiger partial charge on any atom is 0.279 e. The van der Waals surface area contributed by atoms with Crippen molar-refractivity contribution in [3.63, 3.8) is 0 Å². The van der Waals surface area contributed by atoms with E-state index in [-0.39, 0.29) is 36.7 Å². The van der Waals surface area contributed by atoms with Gasteiger partial charge in [0.15, 0.2) is 13.1 Å². The fourth-order valence-corrected chi connectivity index (χ4v) is 2.98. The zero-order chi connectivity index (χ0) is 18.4. The number of quaternary nitrogens is 1. The maximum absolute atomic E-state index is 12.4. The number of carbonyl (C=O) groups is 3. The van der Waals surface area contributed by atoms with Crippen LogP contribution in [0.5, 0.6) is 0 Å². The van der Waals surface area contributed by atoms with Crippen LogP contribution in [0.15, 0.2) is 24.3 Å². The number of nitrogens with zero attached hydrogens (tertiary/aromatic N) is 1. The second kappa shape index (κ2) is 8.62. The lowest BCUT2D eigenvalue weighted by molar-refractivity contribution is -0.862. The lowest BCUT2D eigenvalue weighted by Gasteiger charge is -2.31. The molecule has 7 nitrogen and oxygen atoms in total. The number of rotatable bonds is 6. The zero-order valence-corrected chi connectivity index (χ0v) is 14.9. The van der Waals surface area contributed by atoms with E-state index in [4.69, 9.17) is 5.73 Å². The first-order valence-corrected chi connectivity index (χ1v) is 8.60. The molecule has 0 radical (unpaired) electrons. The van der Waals surface area contributed by atoms with Crippen LogP contribution in [-0.4, -0.2) is 55.8 Å². The molecule has 1 aliphatic heterocycles. The SMILES string of the molecule is Cc1ccc(NC(=O)C[NH+](C)CC(=O)N2CCC[C@H](C(N)=O)C2)cc1. The number of anilines is 1. The van der Waals surface area contributed by atoms with Crippen molar-refractivity contribution in [2.75, 3.05) is 38.5 Å². The second-order valence-electron chi connectivity index (χ2n) is 6.81. The Morgan fingerprint density at radius 3 is 2.56 bits per heavy atom. The minimum atomic E-state index is -0.351. The number of likely N-dealkylation sites (N-methyl/N-ethyl adjacent to an activating group) is 1. The number of hydrogen-bond acceptors (Lipinski definition) is 3. The van der Waals surface area contributed by atoms with Gasteiger partial charge >= 0.3 is 0 Å². The van der Waals surface area contributed by atoms with Gasteiger partial charge in [-0.3, -0.25) is 14.4 Å². The van der Waals surface area contributed by atoms with Crippen molar-refractivity contribution in [2.45, 2.75) is 19.8 Å². The van der Waals surface area contributed by atoms with Gasteiger partial charge in [0.2, 0.25) is 5.91 Å². The van der Waals surface area contributed by atoms with E-state index in [1.165, 1.54) is 0 Å². The molecule has 7 heteroatoms. The van der Waals surface area contributed by atoms with Gasteiger partial charge in [0, 0.05) is 18.8 Å². The Balaban J connectivity index is 1.79. The molecule has 1 saturated heterocycles. The van der Waals surface area contributed by atoms with Gasteiger partial charge < -0.3 is 20.9 Å². The molecular formula is C18H27N4O3+. The summed E-state index contributed by atoms with van der Waals surface area (Å²) in [6.45, 7) is 3.43. The summed E-state index contributed by atoms with van der Waals surface area (Å²) in [7, 11) is 1.81. The molecule has 4 N–H and O–H groups in total. The molecule has 0 saturated carbocycles. The van der Waals surface area contributed by atoms with Gasteiger partial charge in [0.25, 0.3) is 11.8 Å². The van der Waals surface area contributed by atoms with Crippen molar-refractivity contribution >= 4 is 23.4 Å². The number of amides is 3. The third kappa shape index (κ3) is 5.86. The Morgan fingerprint density at radius 2 is 1.92 bits per heavy atom. The number of nitrogens with one attached hydrogen (secondary N) is 2. The van der Waals surface area contributed by atoms with Crippen LogP contribution in [0.2, 0.25) is 0 Å². The van der Waals surface area contributed by atoms with Crippen LogP contribution in [-0.2, 0) is 14.4 Å². The number of carbonyl (C=O) groups excluding carboxylic acids is 3. The standard InChI is InChI=1S/C18H26N4O3/c1-13-5-7-15(8-6-13)20-16(23)11-21(2)12-17(24)22-9-3-4-14(10-22)18(19)25/h5-8,14H,3-4,9-12H2,1-2H3,(H2,19,25)(H,20,23)/p+1/t14-/m0/s1. The van der Waals surface area contributed by atoms with Gasteiger partial charge in [-0.25, -0.2) is 0 Å². The van der Waals surface area contributed by atoms with Gasteiger partial charge in [-0.2, -0.15) is 0 Å². The van der Waals surface area contributed by atoms with E-state index in [0.717, 1.165) is 29.0 Å². The highest BCUT2D eigenvalue weighted by Gasteiger charge is 2.28. The van der Waals surface area contributed by atoms with Crippen LogP contribution >= 0.6 is 0 Å². The van der Waals surface area contributed by atoms with E-state index in [2.05, 4.69) is 5.32 Å². The van der Waals surface area contributed by atoms with Gasteiger partial charge in [-0.15, -0.1) is 0 Å². The molecule has 0 aromatic heterocycles. The Labute approximate surface area is 148 Å². The average molecular weight is 347 g/mol. The number of primary amides is 1. The smallest absolute Gasteiger partial charge is 0.279 e. The van der Waals surface area contributed by atoms with Crippen LogP contribution in [0.1, 0.15) is 18.4 Å². The summed E-state index contributed by atoms with van der Waals surface area (Å²) in [4.78, 5) is 38.3. The third-order valence-electron chi connectivity index (χ3n) is 4.43. The molecule has 2 atom stereocenters. The summed E-state index contributed by atoms with van der Waals surface area (Å²) in [6.07, 6.45) is 1.52. The summed E-state index contributed by atoms with van der Waals surface area (Å²) in [5.41, 5.74) is 7.22. The molecule has 1 unspecified atom stereocenters. The summed E-state index contributed by atoms with van der Waals surface area (Å²) >= 11 is 0. The normalized spacial score (nSPS) is 18.5. The number of benzene rings is 1. The van der Waals surface area contributed by atoms with E-state index in [9.17, 15) is 14.4 Å². The van der Waals surface area contributed by atoms with Crippen molar-refractivity contribution in [2.24, 2.45) is 11.7 Å². The van der Waals surface area contributed by atoms with Gasteiger partial charge in [-0.1, -0.05) is 17.7 Å². The highest BCUT2D eigenvalue weighted by molar-refractivity contribution is 5.91. The molecule has 1 fully saturated rings. The summed E-state index contributed by atoms with van der Waals surface area (Å²) in [5, 5.41) is 2.83. The van der Waals surface area contributed by atoms with Gasteiger partial charge in [0.1, 0.15) is 0 Å². The van der Waals surface area contributed by atoms with Crippen molar-refractivity contribution < 1.29 is 19.3 Å². The van der Waals surface area contributed by atoms with Crippen LogP contribution < -0.4 is 16.0 Å². The molecule has 0 bridgehead atoms. The van der Waals surface area contributed by atoms with Crippen LogP contribution in [0.25, 0.3) is 0 Å². The fraction of sp³-hybridized carbons (Fsp3) is 0.500. The quantitative estimate of drug-likeness (QED) is 0.627. The zero-order valence-electron chi connectivity index (χ0n) is 14.9. The topological polar surface area (TPSA) is 96.9 Å². The van der Waals surface area contributed by atoms with E-state index < -0.39 is 0 Å². The average Bonchev–Trinajstić information content (AvgIpc) is 2.56. The van der Waals surface area contributed by atoms with Crippen LogP contribution in [0, 0.1) is 12.8 Å². The van der Waals surface area contributed by atoms with E-state index in [1.807, 2.05) is 38.2 Å². The van der Waals surface area contributed by atoms with Crippen molar-refractivity contribution in [1.29, 1.82) is 0 Å². The van der Waals surface area contributed by atoms with E-state index >= 15 is 0 Å². The molecule has 3 amide bonds. The number of aryl methyl sites for hydroxylation is 1. The summed E-state index contributed by atoms with van der Waals surface area (Å²) < 4.78 is 0. The number of hydrogen-bond donors (Lipinski definition) is 3. The summed E-state index contributed by atoms with van der Waals surface area (Å²) in [5.74, 6) is -0.798. The molecule has 2 rings (SSSR count). The number of nitrogens with two attached hydrogens (primary N) is 1. The predicted molar refractivity (Wildman–Crippen MR) is 94.9 cm³/mol. The Hall–Kier alpha value is -2.41. The molecule has 1 heterocycles. The van der Waals surface area contributed by atoms with Crippen molar-refractivity contribution in [1.82, 2.24) is 4.90 Å². The molecule has 1 aromatic carbocycles. The predicted octanol–water partition coefficient (Wildman–Crippen LogP) is -0.828. The Morgan fingerprint density at radius 1 is 1.24 bits per heavy atom. The summed E-state index contributed by atoms with van der Waals surface area (Å²) in [6, 6.07) is 7.57. The first-order chi connectivity index (χ1) is 11.8. The van der Waals surface area contributed by atoms with Crippen LogP contribution in [0.4, 0.5) is 5.69 Å². The second-order valence-corrected chi connectivity index (χ2v) is 6.81. The van der Waals surface area contributed by atoms with Crippen LogP contribution in [0.3, 0.4) is 0 Å².